The maximum atomic E-state index is 14.0. The highest BCUT2D eigenvalue weighted by molar-refractivity contribution is 5.84. The SMILES string of the molecule is COc1cccc(CC2(C(=O)N3CC[C@@H]4CNC[C@@H]4CC3)CC3CCC2C3)c1. The van der Waals surface area contributed by atoms with Crippen LogP contribution in [0, 0.1) is 29.1 Å². The summed E-state index contributed by atoms with van der Waals surface area (Å²) in [5.41, 5.74) is 1.09. The first-order chi connectivity index (χ1) is 13.7. The monoisotopic (exact) mass is 382 g/mol. The van der Waals surface area contributed by atoms with Crippen molar-refractivity contribution in [3.63, 3.8) is 0 Å². The molecule has 4 fully saturated rings. The first-order valence-electron chi connectivity index (χ1n) is 11.3. The Morgan fingerprint density at radius 2 is 1.96 bits per heavy atom. The predicted octanol–water partition coefficient (Wildman–Crippen LogP) is 3.50. The molecule has 4 nitrogen and oxygen atoms in total. The molecule has 152 valence electrons. The number of methoxy groups -OCH3 is 1. The molecular weight excluding hydrogens is 348 g/mol. The second kappa shape index (κ2) is 7.37. The molecule has 2 saturated heterocycles. The van der Waals surface area contributed by atoms with Gasteiger partial charge < -0.3 is 15.0 Å². The van der Waals surface area contributed by atoms with E-state index in [4.69, 9.17) is 4.74 Å². The molecule has 0 aromatic heterocycles. The average Bonchev–Trinajstić information content (AvgIpc) is 3.42. The van der Waals surface area contributed by atoms with Crippen molar-refractivity contribution < 1.29 is 9.53 Å². The number of carbonyl (C=O) groups excluding carboxylic acids is 1. The Hall–Kier alpha value is -1.55. The number of nitrogens with zero attached hydrogens (tertiary/aromatic N) is 1. The molecule has 1 N–H and O–H groups in total. The molecule has 2 saturated carbocycles. The van der Waals surface area contributed by atoms with Crippen LogP contribution in [0.1, 0.15) is 44.1 Å². The number of benzene rings is 1. The number of carbonyl (C=O) groups is 1. The molecule has 4 aliphatic rings. The number of nitrogens with one attached hydrogen (secondary N) is 1. The van der Waals surface area contributed by atoms with Crippen LogP contribution in [0.25, 0.3) is 0 Å². The van der Waals surface area contributed by atoms with Gasteiger partial charge in [0.2, 0.25) is 5.91 Å². The summed E-state index contributed by atoms with van der Waals surface area (Å²) in [6.07, 6.45) is 8.16. The highest BCUT2D eigenvalue weighted by atomic mass is 16.5. The van der Waals surface area contributed by atoms with Crippen LogP contribution in [0.5, 0.6) is 5.75 Å². The van der Waals surface area contributed by atoms with Gasteiger partial charge in [-0.3, -0.25) is 4.79 Å². The molecule has 3 unspecified atom stereocenters. The summed E-state index contributed by atoms with van der Waals surface area (Å²) < 4.78 is 5.45. The fourth-order valence-electron chi connectivity index (χ4n) is 6.88. The van der Waals surface area contributed by atoms with E-state index in [1.165, 1.54) is 37.7 Å². The Labute approximate surface area is 169 Å². The third-order valence-electron chi connectivity index (χ3n) is 8.36. The van der Waals surface area contributed by atoms with Crippen molar-refractivity contribution in [2.45, 2.75) is 44.9 Å². The van der Waals surface area contributed by atoms with E-state index >= 15 is 0 Å². The normalized spacial score (nSPS) is 37.0. The quantitative estimate of drug-likeness (QED) is 0.867. The molecule has 2 heterocycles. The van der Waals surface area contributed by atoms with Crippen LogP contribution >= 0.6 is 0 Å². The number of rotatable bonds is 4. The number of fused-ring (bicyclic) bond motifs is 3. The standard InChI is InChI=1S/C24H34N2O2/c1-28-22-4-2-3-17(12-22)13-24(14-18-5-6-21(24)11-18)23(27)26-9-7-19-15-25-16-20(19)8-10-26/h2-4,12,18-21,25H,5-11,13-16H2,1H3/t18?,19-,20+,21?,24?. The highest BCUT2D eigenvalue weighted by Gasteiger charge is 2.56. The lowest BCUT2D eigenvalue weighted by atomic mass is 9.68. The molecule has 5 rings (SSSR count). The van der Waals surface area contributed by atoms with Crippen LogP contribution in [-0.4, -0.2) is 44.1 Å². The second-order valence-electron chi connectivity index (χ2n) is 9.81. The lowest BCUT2D eigenvalue weighted by molar-refractivity contribution is -0.145. The van der Waals surface area contributed by atoms with Crippen LogP contribution in [0.2, 0.25) is 0 Å². The van der Waals surface area contributed by atoms with Gasteiger partial charge in [-0.1, -0.05) is 18.6 Å². The fraction of sp³-hybridized carbons (Fsp3) is 0.708. The van der Waals surface area contributed by atoms with Gasteiger partial charge in [0.15, 0.2) is 0 Å². The summed E-state index contributed by atoms with van der Waals surface area (Å²) >= 11 is 0. The van der Waals surface area contributed by atoms with Gasteiger partial charge in [-0.05, 0) is 93.0 Å². The minimum absolute atomic E-state index is 0.174. The highest BCUT2D eigenvalue weighted by Crippen LogP contribution is 2.58. The minimum atomic E-state index is -0.174. The third kappa shape index (κ3) is 3.14. The fourth-order valence-corrected chi connectivity index (χ4v) is 6.88. The van der Waals surface area contributed by atoms with E-state index in [1.54, 1.807) is 7.11 Å². The molecule has 0 spiro atoms. The molecular formula is C24H34N2O2. The van der Waals surface area contributed by atoms with Gasteiger partial charge >= 0.3 is 0 Å². The van der Waals surface area contributed by atoms with Gasteiger partial charge in [0.25, 0.3) is 0 Å². The van der Waals surface area contributed by atoms with E-state index in [0.717, 1.165) is 62.5 Å². The van der Waals surface area contributed by atoms with E-state index in [1.807, 2.05) is 6.07 Å². The van der Waals surface area contributed by atoms with Crippen molar-refractivity contribution in [1.29, 1.82) is 0 Å². The van der Waals surface area contributed by atoms with Crippen LogP contribution < -0.4 is 10.1 Å². The molecule has 2 bridgehead atoms. The van der Waals surface area contributed by atoms with Gasteiger partial charge in [0.1, 0.15) is 5.75 Å². The van der Waals surface area contributed by atoms with Crippen LogP contribution in [-0.2, 0) is 11.2 Å². The molecule has 0 radical (unpaired) electrons. The van der Waals surface area contributed by atoms with Crippen molar-refractivity contribution in [3.05, 3.63) is 29.8 Å². The largest absolute Gasteiger partial charge is 0.497 e. The lowest BCUT2D eigenvalue weighted by Crippen LogP contribution is -2.48. The van der Waals surface area contributed by atoms with Gasteiger partial charge in [-0.25, -0.2) is 0 Å². The molecule has 1 aromatic carbocycles. The molecule has 4 heteroatoms. The predicted molar refractivity (Wildman–Crippen MR) is 110 cm³/mol. The van der Waals surface area contributed by atoms with Crippen molar-refractivity contribution in [2.24, 2.45) is 29.1 Å². The topological polar surface area (TPSA) is 41.6 Å². The average molecular weight is 383 g/mol. The van der Waals surface area contributed by atoms with Gasteiger partial charge in [0.05, 0.1) is 12.5 Å². The Bertz CT molecular complexity index is 721. The number of hydrogen-bond donors (Lipinski definition) is 1. The Kier molecular flexibility index (Phi) is 4.86. The zero-order chi connectivity index (χ0) is 19.1. The van der Waals surface area contributed by atoms with Gasteiger partial charge in [-0.15, -0.1) is 0 Å². The van der Waals surface area contributed by atoms with Crippen molar-refractivity contribution in [1.82, 2.24) is 10.2 Å². The molecule has 1 amide bonds. The molecule has 5 atom stereocenters. The van der Waals surface area contributed by atoms with Crippen LogP contribution in [0.4, 0.5) is 0 Å². The van der Waals surface area contributed by atoms with Crippen LogP contribution in [0.15, 0.2) is 24.3 Å². The summed E-state index contributed by atoms with van der Waals surface area (Å²) in [5.74, 6) is 4.24. The summed E-state index contributed by atoms with van der Waals surface area (Å²) in [4.78, 5) is 16.3. The summed E-state index contributed by atoms with van der Waals surface area (Å²) in [6, 6.07) is 8.39. The van der Waals surface area contributed by atoms with Crippen molar-refractivity contribution >= 4 is 5.91 Å². The minimum Gasteiger partial charge on any atom is -0.497 e. The molecule has 2 aliphatic carbocycles. The Morgan fingerprint density at radius 3 is 2.61 bits per heavy atom. The smallest absolute Gasteiger partial charge is 0.229 e. The first-order valence-corrected chi connectivity index (χ1v) is 11.3. The zero-order valence-corrected chi connectivity index (χ0v) is 17.2. The maximum absolute atomic E-state index is 14.0. The summed E-state index contributed by atoms with van der Waals surface area (Å²) in [6.45, 7) is 4.20. The van der Waals surface area contributed by atoms with Gasteiger partial charge in [0, 0.05) is 13.1 Å². The summed E-state index contributed by atoms with van der Waals surface area (Å²) in [7, 11) is 1.72. The lowest BCUT2D eigenvalue weighted by Gasteiger charge is -2.40. The molecule has 1 aromatic rings. The molecule has 2 aliphatic heterocycles. The number of likely N-dealkylation sites (tertiary alicyclic amines) is 1. The van der Waals surface area contributed by atoms with Gasteiger partial charge in [-0.2, -0.15) is 0 Å². The first kappa shape index (κ1) is 18.5. The van der Waals surface area contributed by atoms with E-state index in [0.29, 0.717) is 11.8 Å². The molecule has 28 heavy (non-hydrogen) atoms. The maximum Gasteiger partial charge on any atom is 0.229 e. The second-order valence-corrected chi connectivity index (χ2v) is 9.81. The zero-order valence-electron chi connectivity index (χ0n) is 17.2. The Morgan fingerprint density at radius 1 is 1.18 bits per heavy atom. The van der Waals surface area contributed by atoms with E-state index in [-0.39, 0.29) is 5.41 Å². The van der Waals surface area contributed by atoms with Crippen molar-refractivity contribution in [3.8, 4) is 5.75 Å². The third-order valence-corrected chi connectivity index (χ3v) is 8.36. The van der Waals surface area contributed by atoms with Crippen LogP contribution in [0.3, 0.4) is 0 Å². The summed E-state index contributed by atoms with van der Waals surface area (Å²) in [5, 5.41) is 3.55. The number of amides is 1. The van der Waals surface area contributed by atoms with E-state index in [9.17, 15) is 4.79 Å². The van der Waals surface area contributed by atoms with Crippen molar-refractivity contribution in [2.75, 3.05) is 33.3 Å². The number of ether oxygens (including phenoxy) is 1. The number of hydrogen-bond acceptors (Lipinski definition) is 3. The van der Waals surface area contributed by atoms with E-state index in [2.05, 4.69) is 28.4 Å². The Balaban J connectivity index is 1.39. The van der Waals surface area contributed by atoms with E-state index < -0.39 is 0 Å².